The lowest BCUT2D eigenvalue weighted by Crippen LogP contribution is -2.41. The normalized spacial score (nSPS) is 27.9. The van der Waals surface area contributed by atoms with E-state index in [4.69, 9.17) is 19.5 Å². The zero-order valence-electron chi connectivity index (χ0n) is 17.2. The van der Waals surface area contributed by atoms with Gasteiger partial charge in [-0.2, -0.15) is 0 Å². The molecular formula is C17H25BO3. The first-order chi connectivity index (χ1) is 11.6. The highest BCUT2D eigenvalue weighted by molar-refractivity contribution is 6.62. The molecule has 0 saturated carbocycles. The van der Waals surface area contributed by atoms with Crippen molar-refractivity contribution in [1.82, 2.24) is 0 Å². The third-order valence-corrected chi connectivity index (χ3v) is 4.78. The monoisotopic (exact) mass is 292 g/mol. The van der Waals surface area contributed by atoms with E-state index in [1.165, 1.54) is 0 Å². The molecule has 3 rings (SSSR count). The van der Waals surface area contributed by atoms with Crippen molar-refractivity contribution in [2.45, 2.75) is 57.7 Å². The zero-order valence-corrected chi connectivity index (χ0v) is 13.2. The van der Waals surface area contributed by atoms with Gasteiger partial charge in [0.2, 0.25) is 0 Å². The predicted molar refractivity (Wildman–Crippen MR) is 85.0 cm³/mol. The molecule has 2 saturated heterocycles. The molecule has 21 heavy (non-hydrogen) atoms. The molecule has 0 radical (unpaired) electrons. The Hall–Kier alpha value is -0.835. The summed E-state index contributed by atoms with van der Waals surface area (Å²) < 4.78 is 51.0. The summed E-state index contributed by atoms with van der Waals surface area (Å²) in [6.45, 7) is 8.78. The summed E-state index contributed by atoms with van der Waals surface area (Å²) in [5.74, 6) is -0.00528. The van der Waals surface area contributed by atoms with Gasteiger partial charge < -0.3 is 14.0 Å². The van der Waals surface area contributed by atoms with Crippen LogP contribution in [0.15, 0.2) is 24.2 Å². The number of rotatable bonds is 2. The quantitative estimate of drug-likeness (QED) is 0.784. The van der Waals surface area contributed by atoms with Crippen molar-refractivity contribution in [3.63, 3.8) is 0 Å². The fraction of sp³-hybridized carbons (Fsp3) is 0.647. The molecule has 1 aromatic rings. The van der Waals surface area contributed by atoms with Crippen molar-refractivity contribution in [2.75, 3.05) is 13.2 Å². The molecule has 0 N–H and O–H groups in total. The van der Waals surface area contributed by atoms with Crippen LogP contribution in [0.3, 0.4) is 0 Å². The molecule has 2 fully saturated rings. The number of benzene rings is 1. The molecule has 0 aromatic heterocycles. The van der Waals surface area contributed by atoms with Crippen molar-refractivity contribution in [3.8, 4) is 0 Å². The lowest BCUT2D eigenvalue weighted by atomic mass is 9.78. The highest BCUT2D eigenvalue weighted by Crippen LogP contribution is 2.36. The maximum absolute atomic E-state index is 8.43. The standard InChI is InChI=1S/C17H25BO3/c1-16(2)17(3,4)21-18(20-16)15-7-5-13(6-8-15)14-9-11-19-12-10-14/h5-8,14H,9-12H2,1-4H3/i5D,6D,7D,8D. The largest absolute Gasteiger partial charge is 0.494 e. The molecule has 0 bridgehead atoms. The molecule has 2 aliphatic heterocycles. The molecule has 0 unspecified atom stereocenters. The third kappa shape index (κ3) is 2.89. The molecule has 0 spiro atoms. The summed E-state index contributed by atoms with van der Waals surface area (Å²) in [6.07, 6.45) is 1.43. The summed E-state index contributed by atoms with van der Waals surface area (Å²) in [5.41, 5.74) is -0.524. The van der Waals surface area contributed by atoms with Crippen LogP contribution < -0.4 is 5.46 Å². The van der Waals surface area contributed by atoms with Crippen LogP contribution in [0.5, 0.6) is 0 Å². The molecule has 2 heterocycles. The van der Waals surface area contributed by atoms with Crippen molar-refractivity contribution in [3.05, 3.63) is 29.7 Å². The van der Waals surface area contributed by atoms with Crippen molar-refractivity contribution >= 4 is 12.6 Å². The summed E-state index contributed by atoms with van der Waals surface area (Å²) in [4.78, 5) is 0. The van der Waals surface area contributed by atoms with Gasteiger partial charge in [-0.05, 0) is 57.5 Å². The van der Waals surface area contributed by atoms with E-state index in [0.717, 1.165) is 0 Å². The smallest absolute Gasteiger partial charge is 0.399 e. The predicted octanol–water partition coefficient (Wildman–Crippen LogP) is 2.88. The summed E-state index contributed by atoms with van der Waals surface area (Å²) in [6, 6.07) is -0.114. The minimum absolute atomic E-state index is 0.00528. The van der Waals surface area contributed by atoms with E-state index in [-0.39, 0.29) is 35.6 Å². The number of hydrogen-bond acceptors (Lipinski definition) is 3. The molecule has 0 amide bonds. The molecule has 0 atom stereocenters. The Morgan fingerprint density at radius 1 is 1.00 bits per heavy atom. The maximum Gasteiger partial charge on any atom is 0.494 e. The second-order valence-electron chi connectivity index (χ2n) is 6.80. The van der Waals surface area contributed by atoms with Crippen LogP contribution in [-0.2, 0) is 14.0 Å². The molecule has 3 nitrogen and oxygen atoms in total. The van der Waals surface area contributed by atoms with Gasteiger partial charge in [0.05, 0.1) is 16.7 Å². The van der Waals surface area contributed by atoms with E-state index in [1.807, 2.05) is 27.7 Å². The van der Waals surface area contributed by atoms with E-state index in [1.54, 1.807) is 0 Å². The van der Waals surface area contributed by atoms with Gasteiger partial charge in [0.25, 0.3) is 0 Å². The molecule has 2 aliphatic rings. The second-order valence-corrected chi connectivity index (χ2v) is 6.80. The van der Waals surface area contributed by atoms with Crippen LogP contribution in [-0.4, -0.2) is 31.5 Å². The summed E-state index contributed by atoms with van der Waals surface area (Å²) in [5, 5.41) is 0. The highest BCUT2D eigenvalue weighted by Gasteiger charge is 2.51. The van der Waals surface area contributed by atoms with Gasteiger partial charge in [-0.3, -0.25) is 0 Å². The Morgan fingerprint density at radius 3 is 2.05 bits per heavy atom. The van der Waals surface area contributed by atoms with Gasteiger partial charge in [0.15, 0.2) is 0 Å². The molecule has 4 heteroatoms. The van der Waals surface area contributed by atoms with Crippen LogP contribution >= 0.6 is 0 Å². The topological polar surface area (TPSA) is 27.7 Å². The minimum Gasteiger partial charge on any atom is -0.399 e. The Morgan fingerprint density at radius 2 is 1.52 bits per heavy atom. The van der Waals surface area contributed by atoms with Crippen LogP contribution in [0.1, 0.15) is 57.5 Å². The summed E-state index contributed by atoms with van der Waals surface area (Å²) >= 11 is 0. The average molecular weight is 292 g/mol. The first kappa shape index (κ1) is 10.8. The average Bonchev–Trinajstić information content (AvgIpc) is 2.74. The summed E-state index contributed by atoms with van der Waals surface area (Å²) in [7, 11) is -0.901. The van der Waals surface area contributed by atoms with Gasteiger partial charge in [0, 0.05) is 13.2 Å². The SMILES string of the molecule is [2H]c1c([2H])c(C2CCOCC2)c([2H])c([2H])c1B1OC(C)(C)C(C)(C)O1. The highest BCUT2D eigenvalue weighted by atomic mass is 16.7. The minimum atomic E-state index is -0.901. The van der Waals surface area contributed by atoms with E-state index in [2.05, 4.69) is 0 Å². The lowest BCUT2D eigenvalue weighted by Gasteiger charge is -2.32. The van der Waals surface area contributed by atoms with E-state index >= 15 is 0 Å². The first-order valence-corrected chi connectivity index (χ1v) is 7.60. The van der Waals surface area contributed by atoms with Gasteiger partial charge in [-0.15, -0.1) is 0 Å². The number of ether oxygens (including phenoxy) is 1. The lowest BCUT2D eigenvalue weighted by molar-refractivity contribution is 0.00578. The van der Waals surface area contributed by atoms with Gasteiger partial charge in [-0.25, -0.2) is 0 Å². The van der Waals surface area contributed by atoms with Crippen molar-refractivity contribution < 1.29 is 19.5 Å². The zero-order chi connectivity index (χ0) is 18.6. The Labute approximate surface area is 133 Å². The Kier molecular flexibility index (Phi) is 2.79. The Bertz CT molecular complexity index is 642. The van der Waals surface area contributed by atoms with E-state index < -0.39 is 18.3 Å². The van der Waals surface area contributed by atoms with Crippen LogP contribution in [0, 0.1) is 0 Å². The van der Waals surface area contributed by atoms with E-state index in [9.17, 15) is 0 Å². The van der Waals surface area contributed by atoms with Crippen molar-refractivity contribution in [1.29, 1.82) is 0 Å². The van der Waals surface area contributed by atoms with Gasteiger partial charge >= 0.3 is 7.12 Å². The van der Waals surface area contributed by atoms with Gasteiger partial charge in [0.1, 0.15) is 0 Å². The Balaban J connectivity index is 2.05. The van der Waals surface area contributed by atoms with Crippen LogP contribution in [0.4, 0.5) is 0 Å². The van der Waals surface area contributed by atoms with Crippen LogP contribution in [0.2, 0.25) is 0 Å². The van der Waals surface area contributed by atoms with Crippen molar-refractivity contribution in [2.24, 2.45) is 0 Å². The number of hydrogen-bond donors (Lipinski definition) is 0. The van der Waals surface area contributed by atoms with Crippen LogP contribution in [0.25, 0.3) is 0 Å². The second kappa shape index (κ2) is 5.42. The molecule has 1 aromatic carbocycles. The first-order valence-electron chi connectivity index (χ1n) is 9.60. The molecule has 114 valence electrons. The van der Waals surface area contributed by atoms with E-state index in [0.29, 0.717) is 31.6 Å². The molecular weight excluding hydrogens is 263 g/mol. The molecule has 0 aliphatic carbocycles. The fourth-order valence-corrected chi connectivity index (χ4v) is 2.60. The maximum atomic E-state index is 8.43. The van der Waals surface area contributed by atoms with Gasteiger partial charge in [-0.1, -0.05) is 24.2 Å². The fourth-order valence-electron chi connectivity index (χ4n) is 2.60. The third-order valence-electron chi connectivity index (χ3n) is 4.78.